The monoisotopic (exact) mass is 329 g/mol. The van der Waals surface area contributed by atoms with Crippen LogP contribution < -0.4 is 9.46 Å². The second-order valence-electron chi connectivity index (χ2n) is 5.60. The van der Waals surface area contributed by atoms with Gasteiger partial charge in [0.1, 0.15) is 5.75 Å². The second kappa shape index (κ2) is 6.95. The van der Waals surface area contributed by atoms with Crippen LogP contribution in [0.2, 0.25) is 0 Å². The lowest BCUT2D eigenvalue weighted by Gasteiger charge is -2.19. The molecule has 1 aromatic carbocycles. The summed E-state index contributed by atoms with van der Waals surface area (Å²) in [6.45, 7) is 4.69. The molecule has 0 radical (unpaired) electrons. The van der Waals surface area contributed by atoms with Gasteiger partial charge in [-0.25, -0.2) is 13.1 Å². The number of benzene rings is 1. The average Bonchev–Trinajstić information content (AvgIpc) is 2.92. The van der Waals surface area contributed by atoms with Crippen LogP contribution >= 0.6 is 0 Å². The highest BCUT2D eigenvalue weighted by molar-refractivity contribution is 7.89. The van der Waals surface area contributed by atoms with Crippen molar-refractivity contribution in [2.24, 2.45) is 0 Å². The van der Waals surface area contributed by atoms with Gasteiger partial charge < -0.3 is 14.2 Å². The van der Waals surface area contributed by atoms with Crippen LogP contribution in [0.5, 0.6) is 5.75 Å². The van der Waals surface area contributed by atoms with Gasteiger partial charge in [0.15, 0.2) is 0 Å². The summed E-state index contributed by atoms with van der Waals surface area (Å²) in [5.74, 6) is 0.847. The molecule has 0 aromatic heterocycles. The Morgan fingerprint density at radius 3 is 2.59 bits per heavy atom. The Labute approximate surface area is 131 Å². The molecule has 0 spiro atoms. The highest BCUT2D eigenvalue weighted by Gasteiger charge is 2.32. The van der Waals surface area contributed by atoms with Crippen LogP contribution in [0, 0.1) is 0 Å². The molecule has 124 valence electrons. The van der Waals surface area contributed by atoms with Gasteiger partial charge in [-0.2, -0.15) is 0 Å². The molecule has 7 heteroatoms. The maximum Gasteiger partial charge on any atom is 0.241 e. The standard InChI is InChI=1S/C15H23NO5S/c1-10(2)12-7-11(5-6-14(12)19-3)22(17,18)16-13-8-21-9-15(13)20-4/h5-7,10,13,15-16H,8-9H2,1-4H3/t13-,15-/m0/s1. The van der Waals surface area contributed by atoms with Gasteiger partial charge in [0.2, 0.25) is 10.0 Å². The molecule has 0 amide bonds. The molecule has 1 heterocycles. The van der Waals surface area contributed by atoms with Gasteiger partial charge in [-0.15, -0.1) is 0 Å². The fourth-order valence-corrected chi connectivity index (χ4v) is 3.76. The number of ether oxygens (including phenoxy) is 3. The van der Waals surface area contributed by atoms with E-state index in [1.165, 1.54) is 0 Å². The SMILES string of the molecule is COc1ccc(S(=O)(=O)N[C@H]2COC[C@@H]2OC)cc1C(C)C. The quantitative estimate of drug-likeness (QED) is 0.856. The minimum absolute atomic E-state index is 0.159. The number of methoxy groups -OCH3 is 2. The summed E-state index contributed by atoms with van der Waals surface area (Å²) in [5.41, 5.74) is 0.858. The number of rotatable bonds is 6. The third-order valence-corrected chi connectivity index (χ3v) is 5.26. The van der Waals surface area contributed by atoms with E-state index >= 15 is 0 Å². The molecule has 0 bridgehead atoms. The summed E-state index contributed by atoms with van der Waals surface area (Å²) >= 11 is 0. The summed E-state index contributed by atoms with van der Waals surface area (Å²) < 4.78 is 43.6. The van der Waals surface area contributed by atoms with Crippen molar-refractivity contribution >= 4 is 10.0 Å². The summed E-state index contributed by atoms with van der Waals surface area (Å²) in [6, 6.07) is 4.51. The average molecular weight is 329 g/mol. The van der Waals surface area contributed by atoms with Gasteiger partial charge in [-0.3, -0.25) is 0 Å². The largest absolute Gasteiger partial charge is 0.496 e. The Morgan fingerprint density at radius 2 is 2.00 bits per heavy atom. The molecule has 1 N–H and O–H groups in total. The van der Waals surface area contributed by atoms with Crippen LogP contribution in [0.3, 0.4) is 0 Å². The minimum Gasteiger partial charge on any atom is -0.496 e. The fourth-order valence-electron chi connectivity index (χ4n) is 2.47. The van der Waals surface area contributed by atoms with Gasteiger partial charge in [0, 0.05) is 7.11 Å². The van der Waals surface area contributed by atoms with Crippen molar-refractivity contribution in [3.63, 3.8) is 0 Å². The van der Waals surface area contributed by atoms with Crippen molar-refractivity contribution in [3.8, 4) is 5.75 Å². The summed E-state index contributed by atoms with van der Waals surface area (Å²) in [7, 11) is -0.511. The van der Waals surface area contributed by atoms with Crippen LogP contribution in [0.1, 0.15) is 25.3 Å². The van der Waals surface area contributed by atoms with E-state index in [0.717, 1.165) is 5.56 Å². The molecular formula is C15H23NO5S. The van der Waals surface area contributed by atoms with E-state index in [1.54, 1.807) is 32.4 Å². The lowest BCUT2D eigenvalue weighted by Crippen LogP contribution is -2.43. The number of nitrogens with one attached hydrogen (secondary N) is 1. The Balaban J connectivity index is 2.27. The van der Waals surface area contributed by atoms with Crippen LogP contribution in [0.15, 0.2) is 23.1 Å². The van der Waals surface area contributed by atoms with E-state index in [9.17, 15) is 8.42 Å². The molecule has 6 nitrogen and oxygen atoms in total. The van der Waals surface area contributed by atoms with E-state index < -0.39 is 10.0 Å². The molecule has 1 aliphatic heterocycles. The van der Waals surface area contributed by atoms with Crippen molar-refractivity contribution in [1.82, 2.24) is 4.72 Å². The van der Waals surface area contributed by atoms with Gasteiger partial charge in [0.05, 0.1) is 37.4 Å². The first-order valence-corrected chi connectivity index (χ1v) is 8.68. The Hall–Kier alpha value is -1.15. The van der Waals surface area contributed by atoms with Gasteiger partial charge in [-0.1, -0.05) is 13.8 Å². The topological polar surface area (TPSA) is 73.9 Å². The maximum absolute atomic E-state index is 12.6. The molecule has 2 rings (SSSR count). The zero-order valence-electron chi connectivity index (χ0n) is 13.3. The van der Waals surface area contributed by atoms with Crippen molar-refractivity contribution in [1.29, 1.82) is 0 Å². The van der Waals surface area contributed by atoms with Crippen molar-refractivity contribution in [2.45, 2.75) is 36.8 Å². The summed E-state index contributed by atoms with van der Waals surface area (Å²) in [4.78, 5) is 0.221. The Kier molecular flexibility index (Phi) is 5.44. The third kappa shape index (κ3) is 3.60. The predicted molar refractivity (Wildman–Crippen MR) is 82.8 cm³/mol. The number of hydrogen-bond acceptors (Lipinski definition) is 5. The highest BCUT2D eigenvalue weighted by Crippen LogP contribution is 2.29. The molecule has 1 fully saturated rings. The molecule has 0 unspecified atom stereocenters. The van der Waals surface area contributed by atoms with Crippen molar-refractivity contribution in [2.75, 3.05) is 27.4 Å². The van der Waals surface area contributed by atoms with E-state index in [1.807, 2.05) is 13.8 Å². The van der Waals surface area contributed by atoms with Crippen LogP contribution in [0.25, 0.3) is 0 Å². The van der Waals surface area contributed by atoms with E-state index in [4.69, 9.17) is 14.2 Å². The summed E-state index contributed by atoms with van der Waals surface area (Å²) in [6.07, 6.45) is -0.266. The molecule has 2 atom stereocenters. The minimum atomic E-state index is -3.63. The molecule has 1 aromatic rings. The van der Waals surface area contributed by atoms with Crippen molar-refractivity contribution in [3.05, 3.63) is 23.8 Å². The first-order valence-electron chi connectivity index (χ1n) is 7.20. The van der Waals surface area contributed by atoms with E-state index in [2.05, 4.69) is 4.72 Å². The molecule has 22 heavy (non-hydrogen) atoms. The first kappa shape index (κ1) is 17.2. The normalized spacial score (nSPS) is 22.2. The Morgan fingerprint density at radius 1 is 1.27 bits per heavy atom. The lowest BCUT2D eigenvalue weighted by atomic mass is 10.0. The second-order valence-corrected chi connectivity index (χ2v) is 7.31. The Bertz CT molecular complexity index is 614. The van der Waals surface area contributed by atoms with E-state index in [0.29, 0.717) is 19.0 Å². The number of sulfonamides is 1. The van der Waals surface area contributed by atoms with Crippen LogP contribution in [-0.4, -0.2) is 48.0 Å². The highest BCUT2D eigenvalue weighted by atomic mass is 32.2. The van der Waals surface area contributed by atoms with Crippen LogP contribution in [0.4, 0.5) is 0 Å². The fraction of sp³-hybridized carbons (Fsp3) is 0.600. The molecule has 1 saturated heterocycles. The zero-order valence-corrected chi connectivity index (χ0v) is 14.1. The smallest absolute Gasteiger partial charge is 0.241 e. The van der Waals surface area contributed by atoms with Crippen molar-refractivity contribution < 1.29 is 22.6 Å². The lowest BCUT2D eigenvalue weighted by molar-refractivity contribution is 0.0761. The molecule has 0 aliphatic carbocycles. The van der Waals surface area contributed by atoms with Gasteiger partial charge >= 0.3 is 0 Å². The summed E-state index contributed by atoms with van der Waals surface area (Å²) in [5, 5.41) is 0. The van der Waals surface area contributed by atoms with Gasteiger partial charge in [-0.05, 0) is 29.7 Å². The predicted octanol–water partition coefficient (Wildman–Crippen LogP) is 1.51. The number of hydrogen-bond donors (Lipinski definition) is 1. The molecular weight excluding hydrogens is 306 g/mol. The maximum atomic E-state index is 12.6. The van der Waals surface area contributed by atoms with Crippen LogP contribution in [-0.2, 0) is 19.5 Å². The van der Waals surface area contributed by atoms with Gasteiger partial charge in [0.25, 0.3) is 0 Å². The van der Waals surface area contributed by atoms with E-state index in [-0.39, 0.29) is 23.0 Å². The first-order chi connectivity index (χ1) is 10.4. The zero-order chi connectivity index (χ0) is 16.3. The third-order valence-electron chi connectivity index (χ3n) is 3.77. The molecule has 1 aliphatic rings. The molecule has 0 saturated carbocycles.